The van der Waals surface area contributed by atoms with Crippen LogP contribution in [0, 0.1) is 17.2 Å². The van der Waals surface area contributed by atoms with Crippen molar-refractivity contribution in [3.05, 3.63) is 24.3 Å². The van der Waals surface area contributed by atoms with Crippen LogP contribution in [0.15, 0.2) is 24.3 Å². The maximum Gasteiger partial charge on any atom is 0.128 e. The van der Waals surface area contributed by atoms with E-state index < -0.39 is 5.54 Å². The molecule has 0 radical (unpaired) electrons. The summed E-state index contributed by atoms with van der Waals surface area (Å²) < 4.78 is 5.22. The number of hydrogen-bond donors (Lipinski definition) is 1. The molecule has 0 amide bonds. The van der Waals surface area contributed by atoms with Crippen LogP contribution in [-0.4, -0.2) is 12.6 Å². The molecular formula is C15H20N2O. The molecule has 1 aromatic rings. The highest BCUT2D eigenvalue weighted by atomic mass is 16.5. The zero-order valence-corrected chi connectivity index (χ0v) is 11.1. The molecule has 3 heteroatoms. The van der Waals surface area contributed by atoms with Crippen molar-refractivity contribution < 1.29 is 4.74 Å². The lowest BCUT2D eigenvalue weighted by Gasteiger charge is -2.30. The van der Waals surface area contributed by atoms with Gasteiger partial charge in [0.1, 0.15) is 11.3 Å². The quantitative estimate of drug-likeness (QED) is 0.880. The molecule has 1 saturated carbocycles. The fourth-order valence-electron chi connectivity index (χ4n) is 2.93. The summed E-state index contributed by atoms with van der Waals surface area (Å²) in [5.41, 5.74) is 0.567. The zero-order valence-electron chi connectivity index (χ0n) is 11.1. The molecule has 0 bridgehead atoms. The highest BCUT2D eigenvalue weighted by molar-refractivity contribution is 5.52. The van der Waals surface area contributed by atoms with Crippen LogP contribution in [-0.2, 0) is 0 Å². The van der Waals surface area contributed by atoms with Gasteiger partial charge in [-0.2, -0.15) is 5.26 Å². The molecule has 0 heterocycles. The third-order valence-corrected chi connectivity index (χ3v) is 3.95. The minimum atomic E-state index is -0.402. The van der Waals surface area contributed by atoms with Crippen molar-refractivity contribution in [2.24, 2.45) is 5.92 Å². The van der Waals surface area contributed by atoms with Crippen LogP contribution < -0.4 is 10.1 Å². The van der Waals surface area contributed by atoms with Crippen LogP contribution in [0.5, 0.6) is 5.75 Å². The highest BCUT2D eigenvalue weighted by Crippen LogP contribution is 2.40. The van der Waals surface area contributed by atoms with E-state index in [0.717, 1.165) is 37.1 Å². The molecule has 0 spiro atoms. The van der Waals surface area contributed by atoms with Crippen molar-refractivity contribution >= 4 is 5.69 Å². The summed E-state index contributed by atoms with van der Waals surface area (Å²) in [6.07, 6.45) is 4.24. The van der Waals surface area contributed by atoms with Crippen LogP contribution in [0.2, 0.25) is 0 Å². The van der Waals surface area contributed by atoms with E-state index in [9.17, 15) is 5.26 Å². The van der Waals surface area contributed by atoms with Crippen LogP contribution in [0.1, 0.15) is 32.6 Å². The topological polar surface area (TPSA) is 45.0 Å². The largest absolute Gasteiger partial charge is 0.497 e. The van der Waals surface area contributed by atoms with Gasteiger partial charge in [0.15, 0.2) is 0 Å². The van der Waals surface area contributed by atoms with Gasteiger partial charge in [-0.25, -0.2) is 0 Å². The lowest BCUT2D eigenvalue weighted by molar-refractivity contribution is 0.409. The Balaban J connectivity index is 2.22. The van der Waals surface area contributed by atoms with Crippen molar-refractivity contribution in [3.8, 4) is 11.8 Å². The first-order valence-corrected chi connectivity index (χ1v) is 6.57. The number of rotatable bonds is 4. The fourth-order valence-corrected chi connectivity index (χ4v) is 2.93. The molecule has 1 fully saturated rings. The molecule has 0 aliphatic heterocycles. The molecule has 0 aromatic heterocycles. The first-order valence-electron chi connectivity index (χ1n) is 6.57. The van der Waals surface area contributed by atoms with Crippen molar-refractivity contribution in [2.45, 2.75) is 38.1 Å². The monoisotopic (exact) mass is 244 g/mol. The van der Waals surface area contributed by atoms with Gasteiger partial charge >= 0.3 is 0 Å². The highest BCUT2D eigenvalue weighted by Gasteiger charge is 2.42. The smallest absolute Gasteiger partial charge is 0.128 e. The Hall–Kier alpha value is -1.69. The number of hydrogen-bond acceptors (Lipinski definition) is 3. The van der Waals surface area contributed by atoms with E-state index in [1.165, 1.54) is 0 Å². The SMILES string of the molecule is CCC1CCCC1(C#N)Nc1cccc(OC)c1. The third-order valence-electron chi connectivity index (χ3n) is 3.95. The van der Waals surface area contributed by atoms with E-state index in [4.69, 9.17) is 4.74 Å². The maximum atomic E-state index is 9.56. The van der Waals surface area contributed by atoms with Crippen molar-refractivity contribution in [1.29, 1.82) is 5.26 Å². The van der Waals surface area contributed by atoms with Gasteiger partial charge < -0.3 is 10.1 Å². The lowest BCUT2D eigenvalue weighted by Crippen LogP contribution is -2.40. The zero-order chi connectivity index (χ0) is 13.0. The van der Waals surface area contributed by atoms with Gasteiger partial charge in [0, 0.05) is 11.8 Å². The van der Waals surface area contributed by atoms with Crippen LogP contribution in [0.25, 0.3) is 0 Å². The second-order valence-electron chi connectivity index (χ2n) is 4.94. The summed E-state index contributed by atoms with van der Waals surface area (Å²) in [4.78, 5) is 0. The Morgan fingerprint density at radius 2 is 2.39 bits per heavy atom. The summed E-state index contributed by atoms with van der Waals surface area (Å²) in [6, 6.07) is 10.3. The molecule has 2 rings (SSSR count). The predicted molar refractivity (Wildman–Crippen MR) is 72.6 cm³/mol. The number of benzene rings is 1. The van der Waals surface area contributed by atoms with E-state index in [2.05, 4.69) is 18.3 Å². The lowest BCUT2D eigenvalue weighted by atomic mass is 9.86. The molecule has 1 aliphatic carbocycles. The van der Waals surface area contributed by atoms with Gasteiger partial charge in [-0.15, -0.1) is 0 Å². The Morgan fingerprint density at radius 3 is 3.06 bits per heavy atom. The summed E-state index contributed by atoms with van der Waals surface area (Å²) in [6.45, 7) is 2.16. The van der Waals surface area contributed by atoms with Gasteiger partial charge in [0.2, 0.25) is 0 Å². The summed E-state index contributed by atoms with van der Waals surface area (Å²) in [7, 11) is 1.66. The summed E-state index contributed by atoms with van der Waals surface area (Å²) >= 11 is 0. The molecule has 18 heavy (non-hydrogen) atoms. The number of nitrogens with one attached hydrogen (secondary N) is 1. The van der Waals surface area contributed by atoms with Gasteiger partial charge in [-0.1, -0.05) is 19.4 Å². The van der Waals surface area contributed by atoms with Crippen LogP contribution in [0.4, 0.5) is 5.69 Å². The number of nitrogens with zero attached hydrogens (tertiary/aromatic N) is 1. The Bertz CT molecular complexity index is 452. The molecular weight excluding hydrogens is 224 g/mol. The molecule has 1 aromatic carbocycles. The molecule has 3 nitrogen and oxygen atoms in total. The van der Waals surface area contributed by atoms with E-state index in [1.807, 2.05) is 24.3 Å². The van der Waals surface area contributed by atoms with E-state index in [-0.39, 0.29) is 0 Å². The predicted octanol–water partition coefficient (Wildman–Crippen LogP) is 3.58. The number of ether oxygens (including phenoxy) is 1. The van der Waals surface area contributed by atoms with Crippen molar-refractivity contribution in [2.75, 3.05) is 12.4 Å². The molecule has 96 valence electrons. The van der Waals surface area contributed by atoms with Crippen LogP contribution >= 0.6 is 0 Å². The molecule has 0 saturated heterocycles. The summed E-state index contributed by atoms with van der Waals surface area (Å²) in [5, 5.41) is 13.0. The average molecular weight is 244 g/mol. The molecule has 2 atom stereocenters. The Kier molecular flexibility index (Phi) is 3.76. The van der Waals surface area contributed by atoms with E-state index in [0.29, 0.717) is 5.92 Å². The normalized spacial score (nSPS) is 26.6. The van der Waals surface area contributed by atoms with Crippen LogP contribution in [0.3, 0.4) is 0 Å². The third kappa shape index (κ3) is 2.28. The van der Waals surface area contributed by atoms with Gasteiger partial charge in [-0.05, 0) is 37.3 Å². The van der Waals surface area contributed by atoms with Crippen molar-refractivity contribution in [3.63, 3.8) is 0 Å². The molecule has 1 N–H and O–H groups in total. The first kappa shape index (κ1) is 12.8. The van der Waals surface area contributed by atoms with Gasteiger partial charge in [0.25, 0.3) is 0 Å². The summed E-state index contributed by atoms with van der Waals surface area (Å²) in [5.74, 6) is 1.26. The fraction of sp³-hybridized carbons (Fsp3) is 0.533. The van der Waals surface area contributed by atoms with E-state index in [1.54, 1.807) is 7.11 Å². The minimum absolute atomic E-state index is 0.402. The number of nitriles is 1. The standard InChI is InChI=1S/C15H20N2O/c1-3-12-6-5-9-15(12,11-16)17-13-7-4-8-14(10-13)18-2/h4,7-8,10,12,17H,3,5-6,9H2,1-2H3. The Morgan fingerprint density at radius 1 is 1.56 bits per heavy atom. The second-order valence-corrected chi connectivity index (χ2v) is 4.94. The average Bonchev–Trinajstić information content (AvgIpc) is 2.82. The second kappa shape index (κ2) is 5.30. The maximum absolute atomic E-state index is 9.56. The molecule has 2 unspecified atom stereocenters. The van der Waals surface area contributed by atoms with Gasteiger partial charge in [0.05, 0.1) is 13.2 Å². The molecule has 1 aliphatic rings. The number of methoxy groups -OCH3 is 1. The minimum Gasteiger partial charge on any atom is -0.497 e. The van der Waals surface area contributed by atoms with Crippen molar-refractivity contribution in [1.82, 2.24) is 0 Å². The number of anilines is 1. The first-order chi connectivity index (χ1) is 8.74. The van der Waals surface area contributed by atoms with E-state index >= 15 is 0 Å². The van der Waals surface area contributed by atoms with Gasteiger partial charge in [-0.3, -0.25) is 0 Å². The Labute approximate surface area is 109 Å².